The van der Waals surface area contributed by atoms with E-state index >= 15 is 0 Å². The number of hydrogen-bond donors (Lipinski definition) is 1. The Morgan fingerprint density at radius 2 is 1.85 bits per heavy atom. The van der Waals surface area contributed by atoms with Gasteiger partial charge in [-0.25, -0.2) is 0 Å². The van der Waals surface area contributed by atoms with Crippen molar-refractivity contribution >= 4 is 27.9 Å². The molecule has 0 aromatic heterocycles. The molecule has 0 saturated heterocycles. The number of unbranched alkanes of at least 4 members (excludes halogenated alkanes) is 1. The van der Waals surface area contributed by atoms with Crippen molar-refractivity contribution in [1.82, 2.24) is 0 Å². The normalized spacial score (nSPS) is 39.9. The zero-order chi connectivity index (χ0) is 28.2. The number of carbonyl (C=O) groups excluding carboxylic acids is 2. The summed E-state index contributed by atoms with van der Waals surface area (Å²) in [6.45, 7) is 7.53. The summed E-state index contributed by atoms with van der Waals surface area (Å²) >= 11 is 3.40. The highest BCUT2D eigenvalue weighted by molar-refractivity contribution is 9.09. The summed E-state index contributed by atoms with van der Waals surface area (Å²) in [7, 11) is 0. The summed E-state index contributed by atoms with van der Waals surface area (Å²) < 4.78 is 11.3. The molecule has 4 aliphatic rings. The molecule has 10 atom stereocenters. The SMILES string of the molecule is C#CCCCOC(=O)CC[C@@H](C)[C@H]1CC[C@H]2[C@@H]3CC[C@@H]4C[C@H](OC(=O)CCCBr)CC[C@]4(C)[C@H]3C[C@H](O)[C@]12C. The van der Waals surface area contributed by atoms with E-state index in [1.807, 2.05) is 0 Å². The van der Waals surface area contributed by atoms with Crippen molar-refractivity contribution in [2.45, 2.75) is 123 Å². The van der Waals surface area contributed by atoms with Crippen molar-refractivity contribution in [2.75, 3.05) is 11.9 Å². The van der Waals surface area contributed by atoms with E-state index in [2.05, 4.69) is 42.6 Å². The highest BCUT2D eigenvalue weighted by Gasteiger charge is 2.63. The third kappa shape index (κ3) is 6.40. The second kappa shape index (κ2) is 13.3. The summed E-state index contributed by atoms with van der Waals surface area (Å²) in [5.41, 5.74) is 0.138. The Balaban J connectivity index is 1.36. The van der Waals surface area contributed by atoms with Crippen molar-refractivity contribution in [2.24, 2.45) is 46.3 Å². The first-order valence-electron chi connectivity index (χ1n) is 15.7. The molecule has 0 bridgehead atoms. The molecular formula is C33H51BrO5. The largest absolute Gasteiger partial charge is 0.466 e. The number of terminal acetylenes is 1. The molecule has 4 rings (SSSR count). The molecule has 0 amide bonds. The number of ether oxygens (including phenoxy) is 2. The van der Waals surface area contributed by atoms with Gasteiger partial charge in [0.15, 0.2) is 0 Å². The predicted octanol–water partition coefficient (Wildman–Crippen LogP) is 7.08. The van der Waals surface area contributed by atoms with E-state index < -0.39 is 0 Å². The standard InChI is InChI=1S/C33H51BrO5/c1-5-6-7-19-38-30(36)15-10-22(2)26-13-14-27-25-12-11-23-20-24(39-31(37)9-8-18-34)16-17-32(23,3)28(25)21-29(35)33(26,27)4/h1,22-29,35H,6-21H2,2-4H3/t22-,23-,24-,25+,26-,27+,28+,29+,32+,33-/m1/s1. The van der Waals surface area contributed by atoms with E-state index in [4.69, 9.17) is 15.9 Å². The van der Waals surface area contributed by atoms with Crippen molar-refractivity contribution in [3.8, 4) is 12.3 Å². The van der Waals surface area contributed by atoms with Crippen molar-refractivity contribution < 1.29 is 24.2 Å². The van der Waals surface area contributed by atoms with Gasteiger partial charge in [0.25, 0.3) is 0 Å². The molecule has 0 aromatic rings. The smallest absolute Gasteiger partial charge is 0.306 e. The van der Waals surface area contributed by atoms with Gasteiger partial charge in [-0.3, -0.25) is 9.59 Å². The van der Waals surface area contributed by atoms with Gasteiger partial charge in [0, 0.05) is 24.6 Å². The second-order valence-corrected chi connectivity index (χ2v) is 14.5. The lowest BCUT2D eigenvalue weighted by atomic mass is 9.43. The number of hydrogen-bond acceptors (Lipinski definition) is 5. The van der Waals surface area contributed by atoms with Crippen LogP contribution in [0.25, 0.3) is 0 Å². The molecule has 0 spiro atoms. The molecule has 0 heterocycles. The van der Waals surface area contributed by atoms with Crippen LogP contribution < -0.4 is 0 Å². The van der Waals surface area contributed by atoms with Crippen LogP contribution in [0.4, 0.5) is 0 Å². The molecule has 4 saturated carbocycles. The molecule has 0 radical (unpaired) electrons. The molecule has 0 aromatic carbocycles. The van der Waals surface area contributed by atoms with Crippen LogP contribution >= 0.6 is 15.9 Å². The molecule has 4 fully saturated rings. The maximum Gasteiger partial charge on any atom is 0.306 e. The first kappa shape index (κ1) is 30.9. The number of halogens is 1. The molecule has 6 heteroatoms. The maximum absolute atomic E-state index is 12.3. The zero-order valence-electron chi connectivity index (χ0n) is 24.5. The van der Waals surface area contributed by atoms with Crippen LogP contribution in [0, 0.1) is 58.7 Å². The Labute approximate surface area is 245 Å². The van der Waals surface area contributed by atoms with Crippen LogP contribution in [0.15, 0.2) is 0 Å². The third-order valence-corrected chi connectivity index (χ3v) is 12.4. The maximum atomic E-state index is 12.3. The number of fused-ring (bicyclic) bond motifs is 5. The lowest BCUT2D eigenvalue weighted by Gasteiger charge is -2.62. The number of rotatable bonds is 11. The Bertz CT molecular complexity index is 899. The average molecular weight is 608 g/mol. The van der Waals surface area contributed by atoms with Crippen LogP contribution in [0.2, 0.25) is 0 Å². The fourth-order valence-corrected chi connectivity index (χ4v) is 9.97. The van der Waals surface area contributed by atoms with E-state index in [0.29, 0.717) is 61.4 Å². The highest BCUT2D eigenvalue weighted by atomic mass is 79.9. The fraction of sp³-hybridized carbons (Fsp3) is 0.879. The number of aliphatic hydroxyl groups excluding tert-OH is 1. The van der Waals surface area contributed by atoms with Gasteiger partial charge in [0.1, 0.15) is 6.10 Å². The predicted molar refractivity (Wildman–Crippen MR) is 157 cm³/mol. The van der Waals surface area contributed by atoms with Gasteiger partial charge in [-0.05, 0) is 117 Å². The van der Waals surface area contributed by atoms with Crippen LogP contribution in [-0.2, 0) is 19.1 Å². The third-order valence-electron chi connectivity index (χ3n) is 11.8. The molecule has 1 N–H and O–H groups in total. The minimum absolute atomic E-state index is 0.0520. The van der Waals surface area contributed by atoms with Gasteiger partial charge in [0.05, 0.1) is 12.7 Å². The second-order valence-electron chi connectivity index (χ2n) is 13.7. The first-order chi connectivity index (χ1) is 18.6. The van der Waals surface area contributed by atoms with Gasteiger partial charge >= 0.3 is 11.9 Å². The van der Waals surface area contributed by atoms with E-state index in [1.165, 1.54) is 19.3 Å². The van der Waals surface area contributed by atoms with Crippen LogP contribution in [-0.4, -0.2) is 41.2 Å². The summed E-state index contributed by atoms with van der Waals surface area (Å²) in [4.78, 5) is 24.6. The fourth-order valence-electron chi connectivity index (χ4n) is 9.69. The van der Waals surface area contributed by atoms with Crippen molar-refractivity contribution in [1.29, 1.82) is 0 Å². The molecule has 39 heavy (non-hydrogen) atoms. The molecule has 4 aliphatic carbocycles. The zero-order valence-corrected chi connectivity index (χ0v) is 26.1. The Morgan fingerprint density at radius 3 is 2.59 bits per heavy atom. The summed E-state index contributed by atoms with van der Waals surface area (Å²) in [5.74, 6) is 5.55. The van der Waals surface area contributed by atoms with Crippen LogP contribution in [0.1, 0.15) is 111 Å². The van der Waals surface area contributed by atoms with Gasteiger partial charge in [0.2, 0.25) is 0 Å². The topological polar surface area (TPSA) is 72.8 Å². The minimum Gasteiger partial charge on any atom is -0.466 e. The van der Waals surface area contributed by atoms with E-state index in [0.717, 1.165) is 56.7 Å². The van der Waals surface area contributed by atoms with E-state index in [-0.39, 0.29) is 35.0 Å². The minimum atomic E-state index is -0.301. The number of alkyl halides is 1. The van der Waals surface area contributed by atoms with Gasteiger partial charge < -0.3 is 14.6 Å². The van der Waals surface area contributed by atoms with Crippen LogP contribution in [0.5, 0.6) is 0 Å². The molecule has 0 aliphatic heterocycles. The summed E-state index contributed by atoms with van der Waals surface area (Å²) in [5, 5.41) is 12.7. The van der Waals surface area contributed by atoms with Gasteiger partial charge in [-0.1, -0.05) is 36.7 Å². The van der Waals surface area contributed by atoms with Crippen molar-refractivity contribution in [3.05, 3.63) is 0 Å². The number of esters is 2. The van der Waals surface area contributed by atoms with E-state index in [1.54, 1.807) is 0 Å². The van der Waals surface area contributed by atoms with Crippen molar-refractivity contribution in [3.63, 3.8) is 0 Å². The average Bonchev–Trinajstić information content (AvgIpc) is 3.28. The monoisotopic (exact) mass is 606 g/mol. The van der Waals surface area contributed by atoms with Gasteiger partial charge in [-0.2, -0.15) is 0 Å². The van der Waals surface area contributed by atoms with Crippen LogP contribution in [0.3, 0.4) is 0 Å². The summed E-state index contributed by atoms with van der Waals surface area (Å²) in [6.07, 6.45) is 17.7. The molecule has 0 unspecified atom stereocenters. The number of carbonyl (C=O) groups is 2. The first-order valence-corrected chi connectivity index (χ1v) is 16.8. The summed E-state index contributed by atoms with van der Waals surface area (Å²) in [6, 6.07) is 0. The van der Waals surface area contributed by atoms with E-state index in [9.17, 15) is 14.7 Å². The quantitative estimate of drug-likeness (QED) is 0.118. The lowest BCUT2D eigenvalue weighted by molar-refractivity contribution is -0.181. The molecule has 5 nitrogen and oxygen atoms in total. The number of aliphatic hydroxyl groups is 1. The van der Waals surface area contributed by atoms with Gasteiger partial charge in [-0.15, -0.1) is 12.3 Å². The lowest BCUT2D eigenvalue weighted by Crippen LogP contribution is -2.59. The highest BCUT2D eigenvalue weighted by Crippen LogP contribution is 2.68. The Kier molecular flexibility index (Phi) is 10.5. The Hall–Kier alpha value is -1.06. The molecule has 220 valence electrons. The Morgan fingerprint density at radius 1 is 1.05 bits per heavy atom. The molecular weight excluding hydrogens is 556 g/mol.